The summed E-state index contributed by atoms with van der Waals surface area (Å²) in [6, 6.07) is 24.4. The van der Waals surface area contributed by atoms with E-state index in [0.717, 1.165) is 55.6 Å². The van der Waals surface area contributed by atoms with E-state index in [2.05, 4.69) is 81.1 Å². The van der Waals surface area contributed by atoms with Crippen molar-refractivity contribution in [1.82, 2.24) is 0 Å². The smallest absolute Gasteiger partial charge is 0.161 e. The van der Waals surface area contributed by atoms with E-state index in [1.807, 2.05) is 18.2 Å². The number of nitrogens with zero attached hydrogens (tertiary/aromatic N) is 2. The molecule has 6 nitrogen and oxygen atoms in total. The molecule has 4 atom stereocenters. The number of anilines is 1. The van der Waals surface area contributed by atoms with Crippen molar-refractivity contribution in [3.63, 3.8) is 0 Å². The van der Waals surface area contributed by atoms with Gasteiger partial charge < -0.3 is 23.8 Å². The van der Waals surface area contributed by atoms with Crippen molar-refractivity contribution in [1.29, 1.82) is 5.26 Å². The topological polar surface area (TPSA) is 64.0 Å². The maximum Gasteiger partial charge on any atom is 0.161 e. The van der Waals surface area contributed by atoms with Gasteiger partial charge in [0.15, 0.2) is 23.0 Å². The van der Waals surface area contributed by atoms with Crippen LogP contribution >= 0.6 is 0 Å². The van der Waals surface area contributed by atoms with E-state index in [1.165, 1.54) is 16.8 Å². The van der Waals surface area contributed by atoms with Crippen LogP contribution in [0.5, 0.6) is 23.0 Å². The number of benzene rings is 3. The summed E-state index contributed by atoms with van der Waals surface area (Å²) in [5.74, 6) is 3.43. The van der Waals surface area contributed by atoms with Crippen LogP contribution in [0.2, 0.25) is 0 Å². The normalized spacial score (nSPS) is 18.1. The first-order valence-electron chi connectivity index (χ1n) is 16.0. The number of hydrogen-bond donors (Lipinski definition) is 0. The van der Waals surface area contributed by atoms with Gasteiger partial charge in [-0.2, -0.15) is 5.26 Å². The molecule has 0 saturated heterocycles. The Hall–Kier alpha value is -3.85. The van der Waals surface area contributed by atoms with Crippen LogP contribution in [0.25, 0.3) is 0 Å². The Labute approximate surface area is 264 Å². The monoisotopic (exact) mass is 598 g/mol. The van der Waals surface area contributed by atoms with E-state index in [4.69, 9.17) is 18.9 Å². The number of ether oxygens (including phenoxy) is 4. The lowest BCUT2D eigenvalue weighted by molar-refractivity contribution is 0.315. The first-order chi connectivity index (χ1) is 21.3. The van der Waals surface area contributed by atoms with E-state index < -0.39 is 5.41 Å². The molecule has 0 aromatic heterocycles. The molecule has 0 amide bonds. The van der Waals surface area contributed by atoms with Gasteiger partial charge >= 0.3 is 0 Å². The molecule has 4 rings (SSSR count). The van der Waals surface area contributed by atoms with Gasteiger partial charge in [0.1, 0.15) is 0 Å². The molecular formula is C38H50N2O4. The van der Waals surface area contributed by atoms with Crippen LogP contribution in [0.3, 0.4) is 0 Å². The van der Waals surface area contributed by atoms with Crippen LogP contribution < -0.4 is 23.8 Å². The van der Waals surface area contributed by atoms with Gasteiger partial charge in [-0.1, -0.05) is 58.4 Å². The molecule has 0 saturated carbocycles. The number of rotatable bonds is 14. The molecule has 1 aliphatic rings. The largest absolute Gasteiger partial charge is 0.493 e. The molecular weight excluding hydrogens is 548 g/mol. The van der Waals surface area contributed by atoms with E-state index in [0.29, 0.717) is 17.4 Å². The molecule has 3 aromatic rings. The van der Waals surface area contributed by atoms with Crippen molar-refractivity contribution in [2.24, 2.45) is 11.8 Å². The second-order valence-corrected chi connectivity index (χ2v) is 12.4. The van der Waals surface area contributed by atoms with Gasteiger partial charge in [0.2, 0.25) is 0 Å². The second-order valence-electron chi connectivity index (χ2n) is 12.4. The highest BCUT2D eigenvalue weighted by Gasteiger charge is 2.40. The van der Waals surface area contributed by atoms with Gasteiger partial charge in [0.05, 0.1) is 46.0 Å². The maximum absolute atomic E-state index is 10.7. The summed E-state index contributed by atoms with van der Waals surface area (Å²) in [7, 11) is 6.70. The number of fused-ring (bicyclic) bond motifs is 1. The van der Waals surface area contributed by atoms with Crippen molar-refractivity contribution in [3.05, 3.63) is 77.4 Å². The van der Waals surface area contributed by atoms with Crippen molar-refractivity contribution in [2.75, 3.05) is 33.3 Å². The molecule has 44 heavy (non-hydrogen) atoms. The Morgan fingerprint density at radius 1 is 0.864 bits per heavy atom. The average molecular weight is 599 g/mol. The molecule has 3 aromatic carbocycles. The molecule has 0 N–H and O–H groups in total. The highest BCUT2D eigenvalue weighted by atomic mass is 16.5. The quantitative estimate of drug-likeness (QED) is 0.185. The Balaban J connectivity index is 1.74. The lowest BCUT2D eigenvalue weighted by Crippen LogP contribution is -2.46. The molecule has 236 valence electrons. The van der Waals surface area contributed by atoms with E-state index in [-0.39, 0.29) is 18.0 Å². The summed E-state index contributed by atoms with van der Waals surface area (Å²) < 4.78 is 22.6. The highest BCUT2D eigenvalue weighted by molar-refractivity contribution is 5.58. The Bertz CT molecular complexity index is 1420. The predicted molar refractivity (Wildman–Crippen MR) is 178 cm³/mol. The fourth-order valence-corrected chi connectivity index (χ4v) is 7.27. The zero-order valence-electron chi connectivity index (χ0n) is 27.9. The van der Waals surface area contributed by atoms with Gasteiger partial charge in [-0.05, 0) is 97.0 Å². The van der Waals surface area contributed by atoms with Crippen molar-refractivity contribution >= 4 is 5.69 Å². The first kappa shape index (κ1) is 33.1. The van der Waals surface area contributed by atoms with Crippen LogP contribution in [-0.2, 0) is 11.8 Å². The van der Waals surface area contributed by atoms with Crippen LogP contribution in [0.15, 0.2) is 60.7 Å². The zero-order chi connectivity index (χ0) is 31.9. The summed E-state index contributed by atoms with van der Waals surface area (Å²) in [6.07, 6.45) is 5.77. The molecule has 1 aliphatic heterocycles. The number of methoxy groups -OCH3 is 4. The summed E-state index contributed by atoms with van der Waals surface area (Å²) in [5.41, 5.74) is 4.22. The second kappa shape index (κ2) is 14.8. The van der Waals surface area contributed by atoms with Crippen LogP contribution in [0.1, 0.15) is 82.5 Å². The van der Waals surface area contributed by atoms with E-state index >= 15 is 0 Å². The van der Waals surface area contributed by atoms with Crippen LogP contribution in [0, 0.1) is 23.2 Å². The van der Waals surface area contributed by atoms with Crippen molar-refractivity contribution in [3.8, 4) is 29.1 Å². The molecule has 0 bridgehead atoms. The molecule has 0 radical (unpaired) electrons. The number of para-hydroxylation sites is 1. The molecule has 2 unspecified atom stereocenters. The van der Waals surface area contributed by atoms with Gasteiger partial charge in [0.25, 0.3) is 0 Å². The third-order valence-corrected chi connectivity index (χ3v) is 9.64. The summed E-state index contributed by atoms with van der Waals surface area (Å²) in [4.78, 5) is 2.66. The summed E-state index contributed by atoms with van der Waals surface area (Å²) >= 11 is 0. The number of nitriles is 1. The van der Waals surface area contributed by atoms with Crippen molar-refractivity contribution in [2.45, 2.75) is 83.7 Å². The van der Waals surface area contributed by atoms with Gasteiger partial charge in [0, 0.05) is 11.7 Å². The SMILES string of the molecule is CCCC(C)C1c2cc(OC)c(OC)cc2C[C@H](CCC[C@@](C#N)(c2ccc(OC)c(OC)c2)C(C)C)N1c1ccccc1. The molecule has 1 heterocycles. The third kappa shape index (κ3) is 6.48. The Kier molecular flexibility index (Phi) is 11.1. The molecule has 0 aliphatic carbocycles. The highest BCUT2D eigenvalue weighted by Crippen LogP contribution is 2.47. The lowest BCUT2D eigenvalue weighted by Gasteiger charge is -2.48. The average Bonchev–Trinajstić information content (AvgIpc) is 3.05. The minimum atomic E-state index is -0.644. The summed E-state index contributed by atoms with van der Waals surface area (Å²) in [5, 5.41) is 10.7. The van der Waals surface area contributed by atoms with Crippen LogP contribution in [0.4, 0.5) is 5.69 Å². The minimum Gasteiger partial charge on any atom is -0.493 e. The first-order valence-corrected chi connectivity index (χ1v) is 16.0. The predicted octanol–water partition coefficient (Wildman–Crippen LogP) is 8.92. The summed E-state index contributed by atoms with van der Waals surface area (Å²) in [6.45, 7) is 8.94. The van der Waals surface area contributed by atoms with Gasteiger partial charge in [-0.15, -0.1) is 0 Å². The maximum atomic E-state index is 10.7. The molecule has 6 heteroatoms. The van der Waals surface area contributed by atoms with Gasteiger partial charge in [-0.3, -0.25) is 0 Å². The molecule has 0 fully saturated rings. The fraction of sp³-hybridized carbons (Fsp3) is 0.500. The van der Waals surface area contributed by atoms with Crippen LogP contribution in [-0.4, -0.2) is 34.5 Å². The minimum absolute atomic E-state index is 0.122. The van der Waals surface area contributed by atoms with E-state index in [9.17, 15) is 5.26 Å². The molecule has 0 spiro atoms. The lowest BCUT2D eigenvalue weighted by atomic mass is 9.69. The van der Waals surface area contributed by atoms with Crippen molar-refractivity contribution < 1.29 is 18.9 Å². The van der Waals surface area contributed by atoms with Gasteiger partial charge in [-0.25, -0.2) is 0 Å². The standard InChI is InChI=1S/C38H50N2O4/c1-9-14-27(4)37-32-24-36(44-8)34(42-6)22-28(32)21-31(40(37)30-15-11-10-12-16-30)17-13-20-38(25-39,26(2)3)29-18-19-33(41-5)35(23-29)43-7/h10-12,15-16,18-19,22-24,26-27,31,37H,9,13-14,17,20-21H2,1-8H3/t27?,31-,37?,38-/m0/s1. The Morgan fingerprint density at radius 2 is 1.50 bits per heavy atom. The van der Waals surface area contributed by atoms with E-state index in [1.54, 1.807) is 28.4 Å². The fourth-order valence-electron chi connectivity index (χ4n) is 7.27. The number of hydrogen-bond acceptors (Lipinski definition) is 6. The zero-order valence-corrected chi connectivity index (χ0v) is 27.9. The third-order valence-electron chi connectivity index (χ3n) is 9.64. The Morgan fingerprint density at radius 3 is 2.09 bits per heavy atom.